The van der Waals surface area contributed by atoms with E-state index in [1.165, 1.54) is 18.2 Å². The van der Waals surface area contributed by atoms with Gasteiger partial charge in [0.25, 0.3) is 5.69 Å². The topological polar surface area (TPSA) is 162 Å². The van der Waals surface area contributed by atoms with Gasteiger partial charge in [0.1, 0.15) is 42.3 Å². The minimum Gasteiger partial charge on any atom is -0.497 e. The number of nitro groups is 1. The van der Waals surface area contributed by atoms with Crippen molar-refractivity contribution < 1.29 is 48.1 Å². The Balaban J connectivity index is 1.38. The van der Waals surface area contributed by atoms with Crippen molar-refractivity contribution in [2.24, 2.45) is 22.9 Å². The minimum atomic E-state index is -1.46. The molecule has 1 fully saturated rings. The molecule has 1 aliphatic heterocycles. The molecular formula is C51H58FN3O10. The zero-order valence-corrected chi connectivity index (χ0v) is 37.0. The van der Waals surface area contributed by atoms with E-state index >= 15 is 0 Å². The zero-order valence-electron chi connectivity index (χ0n) is 37.0. The second-order valence-electron chi connectivity index (χ2n) is 16.9. The molecule has 13 nitrogen and oxygen atoms in total. The number of ether oxygens (including phenoxy) is 4. The number of benzene rings is 4. The summed E-state index contributed by atoms with van der Waals surface area (Å²) >= 11 is 0. The average molecular weight is 892 g/mol. The Kier molecular flexibility index (Phi) is 15.7. The molecule has 0 bridgehead atoms. The van der Waals surface area contributed by atoms with Crippen LogP contribution in [0.2, 0.25) is 0 Å². The number of amides is 1. The van der Waals surface area contributed by atoms with Gasteiger partial charge in [-0.25, -0.2) is 4.39 Å². The fourth-order valence-electron chi connectivity index (χ4n) is 9.75. The Morgan fingerprint density at radius 1 is 0.969 bits per heavy atom. The summed E-state index contributed by atoms with van der Waals surface area (Å²) in [4.78, 5) is 33.3. The van der Waals surface area contributed by atoms with Gasteiger partial charge in [-0.3, -0.25) is 14.9 Å². The van der Waals surface area contributed by atoms with Crippen molar-refractivity contribution in [1.29, 1.82) is 0 Å². The van der Waals surface area contributed by atoms with Gasteiger partial charge >= 0.3 is 0 Å². The molecule has 1 saturated carbocycles. The van der Waals surface area contributed by atoms with Crippen molar-refractivity contribution in [3.63, 3.8) is 0 Å². The molecule has 1 amide bonds. The van der Waals surface area contributed by atoms with E-state index in [4.69, 9.17) is 28.9 Å². The molecule has 2 N–H and O–H groups in total. The molecule has 7 rings (SSSR count). The number of methoxy groups -OCH3 is 1. The highest BCUT2D eigenvalue weighted by atomic mass is 19.1. The standard InChI is InChI=1S/C51H58FN3O10/c1-4-26-63-51-47(54(2)48(58)28-35-12-11-15-39(27-35)61-3)31-45(53-64-32-34-18-20-38(21-19-34)55(59)60)42-29-36(13-7-9-24-56)41(16-8-10-25-57)49(50(42)51)43-30-40(22-23-46(43)65-51)62-33-37-14-5-6-17-44(37)52/h4-6,11-12,14-15,17-23,27,29-30,36,41,47,49-50,56-57H,1,7-10,13,16,24-26,28,31-33H2,2-3H3. The number of aliphatic hydroxyl groups excluding tert-OH is 2. The van der Waals surface area contributed by atoms with Crippen molar-refractivity contribution in [3.05, 3.63) is 153 Å². The lowest BCUT2D eigenvalue weighted by Gasteiger charge is -2.59. The van der Waals surface area contributed by atoms with E-state index in [1.807, 2.05) is 36.4 Å². The summed E-state index contributed by atoms with van der Waals surface area (Å²) in [5.41, 5.74) is 4.14. The van der Waals surface area contributed by atoms with Crippen LogP contribution in [0.4, 0.5) is 10.1 Å². The molecule has 0 spiro atoms. The smallest absolute Gasteiger partial charge is 0.269 e. The summed E-state index contributed by atoms with van der Waals surface area (Å²) < 4.78 is 40.8. The van der Waals surface area contributed by atoms with Gasteiger partial charge in [0.15, 0.2) is 0 Å². The fraction of sp³-hybridized carbons (Fsp3) is 0.412. The first-order valence-electron chi connectivity index (χ1n) is 22.3. The van der Waals surface area contributed by atoms with Crippen LogP contribution in [0.25, 0.3) is 0 Å². The molecule has 4 aromatic rings. The molecule has 65 heavy (non-hydrogen) atoms. The average Bonchev–Trinajstić information content (AvgIpc) is 3.31. The predicted molar refractivity (Wildman–Crippen MR) is 243 cm³/mol. The number of hydrogen-bond donors (Lipinski definition) is 2. The molecule has 14 heteroatoms. The number of unbranched alkanes of at least 4 members (excludes halogenated alkanes) is 2. The molecule has 6 unspecified atom stereocenters. The van der Waals surface area contributed by atoms with Crippen molar-refractivity contribution in [2.75, 3.05) is 34.0 Å². The monoisotopic (exact) mass is 891 g/mol. The van der Waals surface area contributed by atoms with E-state index in [9.17, 15) is 29.5 Å². The summed E-state index contributed by atoms with van der Waals surface area (Å²) in [5, 5.41) is 36.1. The van der Waals surface area contributed by atoms with Crippen LogP contribution in [0.3, 0.4) is 0 Å². The number of aliphatic hydroxyl groups is 2. The number of non-ortho nitro benzene ring substituents is 1. The van der Waals surface area contributed by atoms with Gasteiger partial charge in [0.2, 0.25) is 11.7 Å². The number of carbonyl (C=O) groups is 1. The van der Waals surface area contributed by atoms with Crippen molar-refractivity contribution in [3.8, 4) is 17.2 Å². The number of rotatable bonds is 22. The Morgan fingerprint density at radius 2 is 1.74 bits per heavy atom. The maximum absolute atomic E-state index is 14.8. The number of likely N-dealkylation sites (N-methyl/N-ethyl adjacent to an activating group) is 1. The van der Waals surface area contributed by atoms with Crippen molar-refractivity contribution >= 4 is 17.3 Å². The van der Waals surface area contributed by atoms with Crippen molar-refractivity contribution in [2.45, 2.75) is 82.3 Å². The predicted octanol–water partition coefficient (Wildman–Crippen LogP) is 8.86. The van der Waals surface area contributed by atoms with E-state index in [-0.39, 0.29) is 81.0 Å². The van der Waals surface area contributed by atoms with Crippen LogP contribution in [0, 0.1) is 33.7 Å². The summed E-state index contributed by atoms with van der Waals surface area (Å²) in [5.74, 6) is -1.20. The number of halogens is 1. The Labute approximate surface area is 379 Å². The highest BCUT2D eigenvalue weighted by Crippen LogP contribution is 2.62. The molecule has 0 aromatic heterocycles. The molecule has 344 valence electrons. The number of nitro benzene ring substituents is 1. The maximum Gasteiger partial charge on any atom is 0.269 e. The normalized spacial score (nSPS) is 22.4. The largest absolute Gasteiger partial charge is 0.497 e. The van der Waals surface area contributed by atoms with Crippen LogP contribution < -0.4 is 14.2 Å². The second kappa shape index (κ2) is 21.7. The SMILES string of the molecule is C=CCOC12Oc3ccc(OCc4ccccc4F)cc3C3C(CCCCO)C(CCCCO)C=C(C(=NOCc4ccc([N+](=O)[O-])cc4)CC1N(C)C(=O)Cc1cccc(OC)c1)C32. The highest BCUT2D eigenvalue weighted by Gasteiger charge is 2.65. The van der Waals surface area contributed by atoms with Crippen LogP contribution in [0.1, 0.15) is 73.1 Å². The molecule has 2 aliphatic carbocycles. The summed E-state index contributed by atoms with van der Waals surface area (Å²) in [7, 11) is 3.33. The molecule has 1 heterocycles. The Morgan fingerprint density at radius 3 is 2.46 bits per heavy atom. The Bertz CT molecular complexity index is 2350. The van der Waals surface area contributed by atoms with Crippen LogP contribution in [-0.4, -0.2) is 77.5 Å². The van der Waals surface area contributed by atoms with Crippen LogP contribution >= 0.6 is 0 Å². The van der Waals surface area contributed by atoms with Crippen LogP contribution in [-0.2, 0) is 34.0 Å². The molecule has 0 saturated heterocycles. The number of oxime groups is 1. The lowest BCUT2D eigenvalue weighted by Crippen LogP contribution is -2.69. The van der Waals surface area contributed by atoms with Gasteiger partial charge < -0.3 is 38.9 Å². The molecule has 0 radical (unpaired) electrons. The number of allylic oxidation sites excluding steroid dienone is 1. The first-order chi connectivity index (χ1) is 31.6. The van der Waals surface area contributed by atoms with Gasteiger partial charge in [-0.05, 0) is 103 Å². The second-order valence-corrected chi connectivity index (χ2v) is 16.9. The third-order valence-corrected chi connectivity index (χ3v) is 12.9. The summed E-state index contributed by atoms with van der Waals surface area (Å²) in [6, 6.07) is 24.8. The van der Waals surface area contributed by atoms with E-state index in [0.717, 1.165) is 42.4 Å². The molecular weight excluding hydrogens is 834 g/mol. The van der Waals surface area contributed by atoms with Gasteiger partial charge in [-0.1, -0.05) is 60.5 Å². The minimum absolute atomic E-state index is 0.00678. The Hall–Kier alpha value is -6.09. The van der Waals surface area contributed by atoms with E-state index in [2.05, 4.69) is 12.7 Å². The molecule has 6 atom stereocenters. The quantitative estimate of drug-likeness (QED) is 0.0338. The van der Waals surface area contributed by atoms with E-state index in [0.29, 0.717) is 46.9 Å². The van der Waals surface area contributed by atoms with Crippen LogP contribution in [0.15, 0.2) is 120 Å². The molecule has 4 aromatic carbocycles. The van der Waals surface area contributed by atoms with Crippen LogP contribution in [0.5, 0.6) is 17.2 Å². The van der Waals surface area contributed by atoms with Gasteiger partial charge in [0.05, 0.1) is 36.7 Å². The third kappa shape index (κ3) is 10.6. The zero-order chi connectivity index (χ0) is 45.9. The summed E-state index contributed by atoms with van der Waals surface area (Å²) in [6.45, 7) is 4.24. The number of fused-ring (bicyclic) bond motifs is 2. The summed E-state index contributed by atoms with van der Waals surface area (Å²) in [6.07, 6.45) is 8.41. The maximum atomic E-state index is 14.8. The van der Waals surface area contributed by atoms with Gasteiger partial charge in [0, 0.05) is 55.9 Å². The lowest BCUT2D eigenvalue weighted by atomic mass is 9.55. The highest BCUT2D eigenvalue weighted by molar-refractivity contribution is 6.03. The first-order valence-corrected chi connectivity index (χ1v) is 22.3. The number of hydrogen-bond acceptors (Lipinski definition) is 11. The molecule has 3 aliphatic rings. The number of nitrogens with zero attached hydrogens (tertiary/aromatic N) is 3. The lowest BCUT2D eigenvalue weighted by molar-refractivity contribution is -0.384. The van der Waals surface area contributed by atoms with E-state index < -0.39 is 22.7 Å². The number of carbonyl (C=O) groups excluding carboxylic acids is 1. The van der Waals surface area contributed by atoms with E-state index in [1.54, 1.807) is 61.5 Å². The first kappa shape index (κ1) is 46.9. The van der Waals surface area contributed by atoms with Gasteiger partial charge in [-0.15, -0.1) is 6.58 Å². The van der Waals surface area contributed by atoms with Crippen molar-refractivity contribution in [1.82, 2.24) is 4.90 Å². The third-order valence-electron chi connectivity index (χ3n) is 12.9. The van der Waals surface area contributed by atoms with Gasteiger partial charge in [-0.2, -0.15) is 0 Å². The fourth-order valence-corrected chi connectivity index (χ4v) is 9.75.